The summed E-state index contributed by atoms with van der Waals surface area (Å²) in [7, 11) is 0. The molecule has 0 radical (unpaired) electrons. The Balaban J connectivity index is 1.35. The average Bonchev–Trinajstić information content (AvgIpc) is 3.44. The van der Waals surface area contributed by atoms with Crippen molar-refractivity contribution in [3.63, 3.8) is 0 Å². The Labute approximate surface area is 154 Å². The van der Waals surface area contributed by atoms with Gasteiger partial charge in [0.15, 0.2) is 0 Å². The zero-order chi connectivity index (χ0) is 17.8. The van der Waals surface area contributed by atoms with Crippen LogP contribution in [0.4, 0.5) is 0 Å². The van der Waals surface area contributed by atoms with Crippen LogP contribution in [0.2, 0.25) is 0 Å². The molecule has 0 atom stereocenters. The number of pyridine rings is 1. The first-order valence-corrected chi connectivity index (χ1v) is 9.07. The Bertz CT molecular complexity index is 855. The lowest BCUT2D eigenvalue weighted by atomic mass is 9.96. The van der Waals surface area contributed by atoms with Gasteiger partial charge in [0, 0.05) is 11.5 Å². The van der Waals surface area contributed by atoms with Crippen LogP contribution >= 0.6 is 0 Å². The first kappa shape index (κ1) is 16.8. The van der Waals surface area contributed by atoms with Gasteiger partial charge >= 0.3 is 0 Å². The molecule has 1 saturated carbocycles. The minimum Gasteiger partial charge on any atom is -0.439 e. The Hall–Kier alpha value is -2.65. The van der Waals surface area contributed by atoms with Crippen LogP contribution in [0.3, 0.4) is 0 Å². The van der Waals surface area contributed by atoms with Gasteiger partial charge in [-0.1, -0.05) is 54.1 Å². The number of aromatic nitrogens is 1. The van der Waals surface area contributed by atoms with Crippen LogP contribution in [-0.4, -0.2) is 11.6 Å². The third-order valence-corrected chi connectivity index (χ3v) is 4.89. The number of aryl methyl sites for hydroxylation is 1. The number of nitrogens with zero attached hydrogens (tertiary/aromatic N) is 1. The summed E-state index contributed by atoms with van der Waals surface area (Å²) in [5, 5.41) is 0. The summed E-state index contributed by atoms with van der Waals surface area (Å²) in [6.07, 6.45) is 2.39. The van der Waals surface area contributed by atoms with E-state index in [0.29, 0.717) is 12.5 Å². The Morgan fingerprint density at radius 2 is 1.65 bits per heavy atom. The number of hydrogen-bond donors (Lipinski definition) is 0. The van der Waals surface area contributed by atoms with E-state index in [0.717, 1.165) is 18.1 Å². The van der Waals surface area contributed by atoms with Crippen LogP contribution < -0.4 is 4.74 Å². The highest BCUT2D eigenvalue weighted by atomic mass is 16.5. The largest absolute Gasteiger partial charge is 0.439 e. The molecule has 1 aliphatic rings. The lowest BCUT2D eigenvalue weighted by Crippen LogP contribution is -2.15. The lowest BCUT2D eigenvalue weighted by molar-refractivity contribution is 0.0977. The van der Waals surface area contributed by atoms with E-state index in [1.165, 1.54) is 24.0 Å². The third-order valence-electron chi connectivity index (χ3n) is 4.89. The summed E-state index contributed by atoms with van der Waals surface area (Å²) in [5.41, 5.74) is 3.77. The lowest BCUT2D eigenvalue weighted by Gasteiger charge is -2.16. The van der Waals surface area contributed by atoms with E-state index in [1.54, 1.807) is 0 Å². The summed E-state index contributed by atoms with van der Waals surface area (Å²) >= 11 is 0. The zero-order valence-corrected chi connectivity index (χ0v) is 15.0. The van der Waals surface area contributed by atoms with Crippen molar-refractivity contribution in [1.82, 2.24) is 4.98 Å². The molecule has 4 rings (SSSR count). The topological polar surface area (TPSA) is 31.4 Å². The fourth-order valence-electron chi connectivity index (χ4n) is 3.13. The summed E-state index contributed by atoms with van der Waals surface area (Å²) in [6.45, 7) is 3.36. The van der Waals surface area contributed by atoms with Gasteiger partial charge in [0.25, 0.3) is 0 Å². The Kier molecular flexibility index (Phi) is 4.72. The second-order valence-electron chi connectivity index (χ2n) is 7.02. The third kappa shape index (κ3) is 3.94. The molecule has 3 nitrogen and oxygen atoms in total. The van der Waals surface area contributed by atoms with E-state index in [1.807, 2.05) is 48.5 Å². The SMILES string of the molecule is Cc1ccc(C2(COCc3cccc(Oc4ccccc4)n3)CC2)cc1. The van der Waals surface area contributed by atoms with Crippen molar-refractivity contribution < 1.29 is 9.47 Å². The zero-order valence-electron chi connectivity index (χ0n) is 15.0. The number of para-hydroxylation sites is 1. The second kappa shape index (κ2) is 7.30. The van der Waals surface area contributed by atoms with Crippen molar-refractivity contribution in [2.24, 2.45) is 0 Å². The van der Waals surface area contributed by atoms with Gasteiger partial charge in [-0.2, -0.15) is 0 Å². The van der Waals surface area contributed by atoms with Gasteiger partial charge in [-0.3, -0.25) is 0 Å². The summed E-state index contributed by atoms with van der Waals surface area (Å²) in [6, 6.07) is 24.3. The number of hydrogen-bond acceptors (Lipinski definition) is 3. The maximum Gasteiger partial charge on any atom is 0.219 e. The molecule has 132 valence electrons. The molecule has 3 aromatic rings. The van der Waals surface area contributed by atoms with Crippen molar-refractivity contribution in [3.8, 4) is 11.6 Å². The van der Waals surface area contributed by atoms with E-state index in [9.17, 15) is 0 Å². The molecule has 0 saturated heterocycles. The van der Waals surface area contributed by atoms with Crippen LogP contribution in [0, 0.1) is 6.92 Å². The molecule has 1 fully saturated rings. The highest BCUT2D eigenvalue weighted by Crippen LogP contribution is 2.48. The molecule has 26 heavy (non-hydrogen) atoms. The smallest absolute Gasteiger partial charge is 0.219 e. The molecule has 3 heteroatoms. The van der Waals surface area contributed by atoms with Crippen molar-refractivity contribution in [2.75, 3.05) is 6.61 Å². The fourth-order valence-corrected chi connectivity index (χ4v) is 3.13. The first-order valence-electron chi connectivity index (χ1n) is 9.07. The number of ether oxygens (including phenoxy) is 2. The van der Waals surface area contributed by atoms with Crippen molar-refractivity contribution in [3.05, 3.63) is 89.6 Å². The maximum absolute atomic E-state index is 6.02. The Morgan fingerprint density at radius 3 is 2.38 bits per heavy atom. The van der Waals surface area contributed by atoms with Crippen molar-refractivity contribution in [2.45, 2.75) is 31.8 Å². The molecule has 1 heterocycles. The van der Waals surface area contributed by atoms with Crippen LogP contribution in [0.25, 0.3) is 0 Å². The molecule has 2 aromatic carbocycles. The predicted octanol–water partition coefficient (Wildman–Crippen LogP) is 5.43. The summed E-state index contributed by atoms with van der Waals surface area (Å²) < 4.78 is 11.8. The molecule has 0 spiro atoms. The minimum absolute atomic E-state index is 0.200. The quantitative estimate of drug-likeness (QED) is 0.572. The highest BCUT2D eigenvalue weighted by molar-refractivity contribution is 5.33. The van der Waals surface area contributed by atoms with Gasteiger partial charge in [0.2, 0.25) is 5.88 Å². The van der Waals surface area contributed by atoms with Gasteiger partial charge in [-0.05, 0) is 43.5 Å². The molecule has 1 aliphatic carbocycles. The molecular weight excluding hydrogens is 322 g/mol. The maximum atomic E-state index is 6.02. The average molecular weight is 345 g/mol. The van der Waals surface area contributed by atoms with E-state index in [4.69, 9.17) is 9.47 Å². The predicted molar refractivity (Wildman–Crippen MR) is 103 cm³/mol. The molecule has 0 bridgehead atoms. The van der Waals surface area contributed by atoms with Crippen LogP contribution in [-0.2, 0) is 16.8 Å². The standard InChI is InChI=1S/C23H23NO2/c1-18-10-12-19(13-11-18)23(14-15-23)17-25-16-20-6-5-9-22(24-20)26-21-7-3-2-4-8-21/h2-13H,14-17H2,1H3. The van der Waals surface area contributed by atoms with Gasteiger partial charge in [-0.15, -0.1) is 0 Å². The minimum atomic E-state index is 0.200. The first-order chi connectivity index (χ1) is 12.7. The monoisotopic (exact) mass is 345 g/mol. The number of benzene rings is 2. The second-order valence-corrected chi connectivity index (χ2v) is 7.02. The summed E-state index contributed by atoms with van der Waals surface area (Å²) in [4.78, 5) is 4.55. The molecule has 0 amide bonds. The molecule has 0 unspecified atom stereocenters. The van der Waals surface area contributed by atoms with Gasteiger partial charge in [0.1, 0.15) is 5.75 Å². The van der Waals surface area contributed by atoms with Gasteiger partial charge in [0.05, 0.1) is 18.9 Å². The van der Waals surface area contributed by atoms with E-state index >= 15 is 0 Å². The van der Waals surface area contributed by atoms with Crippen LogP contribution in [0.1, 0.15) is 29.7 Å². The van der Waals surface area contributed by atoms with Crippen molar-refractivity contribution >= 4 is 0 Å². The molecule has 0 N–H and O–H groups in total. The Morgan fingerprint density at radius 1 is 0.885 bits per heavy atom. The van der Waals surface area contributed by atoms with Gasteiger partial charge < -0.3 is 9.47 Å². The number of rotatable bonds is 7. The normalized spacial score (nSPS) is 14.8. The van der Waals surface area contributed by atoms with Crippen LogP contribution in [0.15, 0.2) is 72.8 Å². The fraction of sp³-hybridized carbons (Fsp3) is 0.261. The van der Waals surface area contributed by atoms with E-state index in [2.05, 4.69) is 36.2 Å². The van der Waals surface area contributed by atoms with E-state index < -0.39 is 0 Å². The molecular formula is C23H23NO2. The highest BCUT2D eigenvalue weighted by Gasteiger charge is 2.44. The molecule has 0 aliphatic heterocycles. The van der Waals surface area contributed by atoms with Crippen LogP contribution in [0.5, 0.6) is 11.6 Å². The van der Waals surface area contributed by atoms with E-state index in [-0.39, 0.29) is 5.41 Å². The van der Waals surface area contributed by atoms with Crippen molar-refractivity contribution in [1.29, 1.82) is 0 Å². The summed E-state index contributed by atoms with van der Waals surface area (Å²) in [5.74, 6) is 1.38. The van der Waals surface area contributed by atoms with Gasteiger partial charge in [-0.25, -0.2) is 4.98 Å². The molecule has 1 aromatic heterocycles.